The molecule has 0 bridgehead atoms. The third kappa shape index (κ3) is 5.77. The van der Waals surface area contributed by atoms with Gasteiger partial charge in [0.05, 0.1) is 5.76 Å². The van der Waals surface area contributed by atoms with E-state index >= 15 is 0 Å². The summed E-state index contributed by atoms with van der Waals surface area (Å²) in [6.45, 7) is 13.0. The number of allylic oxidation sites excluding steroid dienone is 2. The van der Waals surface area contributed by atoms with E-state index < -0.39 is 8.07 Å². The fourth-order valence-corrected chi connectivity index (χ4v) is 12.2. The maximum atomic E-state index is 11.7. The van der Waals surface area contributed by atoms with Crippen molar-refractivity contribution < 1.29 is 30.0 Å². The van der Waals surface area contributed by atoms with Gasteiger partial charge in [0.15, 0.2) is 5.78 Å². The molecule has 3 nitrogen and oxygen atoms in total. The van der Waals surface area contributed by atoms with E-state index in [0.29, 0.717) is 0 Å². The van der Waals surface area contributed by atoms with Gasteiger partial charge >= 0.3 is 160 Å². The smallest absolute Gasteiger partial charge is 0 e. The van der Waals surface area contributed by atoms with Gasteiger partial charge in [0.1, 0.15) is 0 Å². The molecule has 2 aliphatic rings. The number of pyridine rings is 1. The zero-order valence-corrected chi connectivity index (χ0v) is 30.5. The predicted octanol–water partition coefficient (Wildman–Crippen LogP) is 6.34. The summed E-state index contributed by atoms with van der Waals surface area (Å²) in [6.07, 6.45) is 6.92. The summed E-state index contributed by atoms with van der Waals surface area (Å²) < 4.78 is 2.94. The average molecular weight is 818 g/mol. The Bertz CT molecular complexity index is 1640. The van der Waals surface area contributed by atoms with Crippen molar-refractivity contribution in [2.45, 2.75) is 66.5 Å². The summed E-state index contributed by atoms with van der Waals surface area (Å²) in [5.41, 5.74) is 5.27. The van der Waals surface area contributed by atoms with Crippen molar-refractivity contribution >= 4 is 58.9 Å². The fraction of sp³-hybridized carbons (Fsp3) is 0.333. The topological polar surface area (TPSA) is 50.2 Å². The van der Waals surface area contributed by atoms with Crippen LogP contribution in [0.1, 0.15) is 53.4 Å². The summed E-state index contributed by atoms with van der Waals surface area (Å²) in [5.74, 6) is 0.547. The molecule has 0 fully saturated rings. The van der Waals surface area contributed by atoms with Gasteiger partial charge < -0.3 is 5.11 Å². The van der Waals surface area contributed by atoms with Crippen LogP contribution in [0, 0.1) is 17.9 Å². The number of carbonyl (C=O) groups is 1. The summed E-state index contributed by atoms with van der Waals surface area (Å²) >= 11 is 0.255. The second kappa shape index (κ2) is 13.5. The van der Waals surface area contributed by atoms with Crippen molar-refractivity contribution in [2.24, 2.45) is 11.8 Å². The molecule has 6 heteroatoms. The Morgan fingerprint density at radius 3 is 2.29 bits per heavy atom. The molecule has 6 rings (SSSR count). The molecule has 3 heterocycles. The van der Waals surface area contributed by atoms with Gasteiger partial charge in [0.2, 0.25) is 0 Å². The normalized spacial score (nSPS) is 14.0. The molecular formula is C36H40IrNO2SeSi-. The second-order valence-electron chi connectivity index (χ2n) is 11.6. The van der Waals surface area contributed by atoms with E-state index in [0.717, 1.165) is 31.4 Å². The Kier molecular flexibility index (Phi) is 10.5. The van der Waals surface area contributed by atoms with E-state index in [1.807, 2.05) is 33.9 Å². The van der Waals surface area contributed by atoms with Gasteiger partial charge in [-0.3, -0.25) is 4.79 Å². The molecule has 0 spiro atoms. The number of nitrogens with zero attached hydrogens (tertiary/aromatic N) is 1. The van der Waals surface area contributed by atoms with Crippen molar-refractivity contribution in [3.05, 3.63) is 78.7 Å². The minimum atomic E-state index is -1.65. The predicted molar refractivity (Wildman–Crippen MR) is 177 cm³/mol. The number of benzene rings is 3. The monoisotopic (exact) mass is 819 g/mol. The first kappa shape index (κ1) is 32.6. The number of aliphatic hydroxyl groups excluding tert-OH is 1. The molecule has 0 aliphatic carbocycles. The van der Waals surface area contributed by atoms with Crippen molar-refractivity contribution in [3.8, 4) is 22.4 Å². The largest absolute Gasteiger partial charge is 0 e. The van der Waals surface area contributed by atoms with E-state index in [-0.39, 0.29) is 58.4 Å². The quantitative estimate of drug-likeness (QED) is 0.0904. The molecular weight excluding hydrogens is 778 g/mol. The van der Waals surface area contributed by atoms with Crippen LogP contribution in [-0.2, 0) is 24.9 Å². The molecule has 42 heavy (non-hydrogen) atoms. The number of hydrogen-bond donors (Lipinski definition) is 1. The van der Waals surface area contributed by atoms with E-state index in [4.69, 9.17) is 4.98 Å². The molecule has 3 aromatic carbocycles. The van der Waals surface area contributed by atoms with E-state index in [1.54, 1.807) is 5.19 Å². The number of carbonyl (C=O) groups excluding carboxylic acids is 1. The number of ketones is 1. The SMILES string of the molecule is CCC(CC)C(=O)/C=C(\O)C(CC)CC.C[Si]1(C)c2cccc3c2-c2c1ccnc2-c1[c-]cc2ccccc2c1[Se]3.[Ir]. The molecule has 2 aliphatic heterocycles. The first-order valence-corrected chi connectivity index (χ1v) is 19.7. The molecule has 0 amide bonds. The van der Waals surface area contributed by atoms with Gasteiger partial charge in [-0.25, -0.2) is 0 Å². The number of rotatable bonds is 7. The first-order valence-electron chi connectivity index (χ1n) is 15.0. The van der Waals surface area contributed by atoms with Crippen LogP contribution in [0.25, 0.3) is 33.2 Å². The molecule has 0 atom stereocenters. The maximum absolute atomic E-state index is 11.7. The summed E-state index contributed by atoms with van der Waals surface area (Å²) in [5, 5.41) is 15.5. The van der Waals surface area contributed by atoms with Gasteiger partial charge in [-0.15, -0.1) is 0 Å². The van der Waals surface area contributed by atoms with E-state index in [2.05, 4.69) is 73.8 Å². The van der Waals surface area contributed by atoms with Crippen LogP contribution in [0.2, 0.25) is 13.1 Å². The van der Waals surface area contributed by atoms with Gasteiger partial charge in [-0.05, 0) is 25.7 Å². The number of fused-ring (bicyclic) bond motifs is 4. The zero-order chi connectivity index (χ0) is 29.3. The van der Waals surface area contributed by atoms with Crippen LogP contribution < -0.4 is 19.3 Å². The van der Waals surface area contributed by atoms with Crippen molar-refractivity contribution in [2.75, 3.05) is 0 Å². The first-order chi connectivity index (χ1) is 19.8. The number of aromatic nitrogens is 1. The van der Waals surface area contributed by atoms with Gasteiger partial charge in [0, 0.05) is 38.0 Å². The van der Waals surface area contributed by atoms with Crippen molar-refractivity contribution in [3.63, 3.8) is 0 Å². The Hall–Kier alpha value is -2.33. The Labute approximate surface area is 271 Å². The summed E-state index contributed by atoms with van der Waals surface area (Å²) in [7, 11) is -1.65. The Morgan fingerprint density at radius 1 is 0.929 bits per heavy atom. The molecule has 221 valence electrons. The van der Waals surface area contributed by atoms with Gasteiger partial charge in [-0.2, -0.15) is 0 Å². The second-order valence-corrected chi connectivity index (χ2v) is 18.1. The van der Waals surface area contributed by atoms with Crippen LogP contribution in [0.4, 0.5) is 0 Å². The number of hydrogen-bond acceptors (Lipinski definition) is 3. The van der Waals surface area contributed by atoms with Gasteiger partial charge in [-0.1, -0.05) is 27.7 Å². The van der Waals surface area contributed by atoms with Crippen molar-refractivity contribution in [1.29, 1.82) is 0 Å². The van der Waals surface area contributed by atoms with Crippen LogP contribution >= 0.6 is 0 Å². The van der Waals surface area contributed by atoms with E-state index in [1.165, 1.54) is 47.6 Å². The molecule has 0 saturated carbocycles. The van der Waals surface area contributed by atoms with Crippen LogP contribution in [-0.4, -0.2) is 38.9 Å². The summed E-state index contributed by atoms with van der Waals surface area (Å²) in [6, 6.07) is 23.7. The molecule has 0 unspecified atom stereocenters. The number of aliphatic hydroxyl groups is 1. The third-order valence-corrected chi connectivity index (χ3v) is 14.9. The van der Waals surface area contributed by atoms with Crippen LogP contribution in [0.15, 0.2) is 72.6 Å². The van der Waals surface area contributed by atoms with E-state index in [9.17, 15) is 9.90 Å². The zero-order valence-electron chi connectivity index (χ0n) is 25.4. The standard InChI is InChI=1S/C23H16NSeSi.C13H24O2.Ir/c1-26(2)18-9-5-8-17-20(18)21-19(26)12-13-24-22(21)16-11-10-14-6-3-4-7-15(14)23(16)25-17;1-5-10(6-2)12(14)9-13(15)11(7-3)8-4;/h3-10,12-13H,1-2H3;9-11,14H,5-8H2,1-4H3;/q-1;;/b;12-9-;. The minimum Gasteiger partial charge on any atom is 0 e. The van der Waals surface area contributed by atoms with Crippen molar-refractivity contribution in [1.82, 2.24) is 4.98 Å². The molecule has 1 aromatic heterocycles. The average Bonchev–Trinajstić information content (AvgIpc) is 3.12. The minimum absolute atomic E-state index is 0. The molecule has 4 aromatic rings. The fourth-order valence-electron chi connectivity index (χ4n) is 6.32. The third-order valence-electron chi connectivity index (χ3n) is 8.91. The molecule has 1 N–H and O–H groups in total. The molecule has 0 saturated heterocycles. The Morgan fingerprint density at radius 2 is 1.60 bits per heavy atom. The van der Waals surface area contributed by atoms with Crippen LogP contribution in [0.3, 0.4) is 0 Å². The van der Waals surface area contributed by atoms with Gasteiger partial charge in [0.25, 0.3) is 0 Å². The molecule has 1 radical (unpaired) electrons. The summed E-state index contributed by atoms with van der Waals surface area (Å²) in [4.78, 5) is 16.6. The Balaban J connectivity index is 0.000000221. The maximum Gasteiger partial charge on any atom is 0 e. The van der Waals surface area contributed by atoms with Crippen LogP contribution in [0.5, 0.6) is 0 Å².